The lowest BCUT2D eigenvalue weighted by Gasteiger charge is -2.27. The molecule has 0 N–H and O–H groups in total. The summed E-state index contributed by atoms with van der Waals surface area (Å²) >= 11 is 6.21. The molecule has 122 valence electrons. The van der Waals surface area contributed by atoms with Crippen LogP contribution in [0.5, 0.6) is 0 Å². The van der Waals surface area contributed by atoms with Gasteiger partial charge >= 0.3 is 6.09 Å². The Morgan fingerprint density at radius 1 is 1.18 bits per heavy atom. The van der Waals surface area contributed by atoms with Crippen LogP contribution in [0.2, 0.25) is 5.02 Å². The van der Waals surface area contributed by atoms with E-state index in [1.807, 2.05) is 39.8 Å². The van der Waals surface area contributed by atoms with E-state index in [0.717, 1.165) is 42.3 Å². The Hall–Kier alpha value is -1.42. The SMILES string of the molecule is Cc1ccc(N2CCCN(C(=O)OC(C)(C)C)CC2)cc1Cl. The number of aryl methyl sites for hydroxylation is 1. The van der Waals surface area contributed by atoms with Crippen molar-refractivity contribution in [2.75, 3.05) is 31.1 Å². The van der Waals surface area contributed by atoms with Crippen molar-refractivity contribution < 1.29 is 9.53 Å². The van der Waals surface area contributed by atoms with E-state index >= 15 is 0 Å². The van der Waals surface area contributed by atoms with Crippen LogP contribution in [0, 0.1) is 6.92 Å². The molecule has 0 aliphatic carbocycles. The van der Waals surface area contributed by atoms with Gasteiger partial charge in [0.2, 0.25) is 0 Å². The second kappa shape index (κ2) is 6.78. The van der Waals surface area contributed by atoms with Gasteiger partial charge in [-0.1, -0.05) is 17.7 Å². The monoisotopic (exact) mass is 324 g/mol. The third-order valence-electron chi connectivity index (χ3n) is 3.67. The maximum atomic E-state index is 12.2. The highest BCUT2D eigenvalue weighted by Crippen LogP contribution is 2.24. The van der Waals surface area contributed by atoms with Crippen LogP contribution >= 0.6 is 11.6 Å². The number of nitrogens with zero attached hydrogens (tertiary/aromatic N) is 2. The molecule has 5 heteroatoms. The second-order valence-corrected chi connectivity index (χ2v) is 7.15. The van der Waals surface area contributed by atoms with Gasteiger partial charge < -0.3 is 14.5 Å². The largest absolute Gasteiger partial charge is 0.444 e. The first-order valence-electron chi connectivity index (χ1n) is 7.75. The van der Waals surface area contributed by atoms with Crippen molar-refractivity contribution in [3.05, 3.63) is 28.8 Å². The Balaban J connectivity index is 2.00. The summed E-state index contributed by atoms with van der Waals surface area (Å²) in [7, 11) is 0. The Bertz CT molecular complexity index is 540. The Labute approximate surface area is 138 Å². The lowest BCUT2D eigenvalue weighted by Crippen LogP contribution is -2.39. The number of carbonyl (C=O) groups excluding carboxylic acids is 1. The number of amides is 1. The average molecular weight is 325 g/mol. The highest BCUT2D eigenvalue weighted by molar-refractivity contribution is 6.31. The zero-order valence-electron chi connectivity index (χ0n) is 13.9. The topological polar surface area (TPSA) is 32.8 Å². The Kier molecular flexibility index (Phi) is 5.22. The summed E-state index contributed by atoms with van der Waals surface area (Å²) in [5.41, 5.74) is 1.74. The molecule has 1 aromatic rings. The molecule has 0 spiro atoms. The molecule has 1 saturated heterocycles. The number of benzene rings is 1. The average Bonchev–Trinajstić information content (AvgIpc) is 2.66. The van der Waals surface area contributed by atoms with Crippen molar-refractivity contribution in [2.24, 2.45) is 0 Å². The van der Waals surface area contributed by atoms with Crippen molar-refractivity contribution in [1.29, 1.82) is 0 Å². The number of ether oxygens (including phenoxy) is 1. The zero-order chi connectivity index (χ0) is 16.3. The quantitative estimate of drug-likeness (QED) is 0.779. The third kappa shape index (κ3) is 4.54. The predicted octanol–water partition coefficient (Wildman–Crippen LogP) is 4.10. The molecule has 0 saturated carbocycles. The molecule has 0 unspecified atom stereocenters. The summed E-state index contributed by atoms with van der Waals surface area (Å²) in [6.45, 7) is 10.8. The molecule has 1 amide bonds. The van der Waals surface area contributed by atoms with Gasteiger partial charge in [-0.2, -0.15) is 0 Å². The van der Waals surface area contributed by atoms with Crippen LogP contribution in [0.1, 0.15) is 32.8 Å². The van der Waals surface area contributed by atoms with E-state index in [-0.39, 0.29) is 6.09 Å². The summed E-state index contributed by atoms with van der Waals surface area (Å²) < 4.78 is 5.46. The van der Waals surface area contributed by atoms with Gasteiger partial charge in [0, 0.05) is 36.9 Å². The van der Waals surface area contributed by atoms with Gasteiger partial charge in [0.25, 0.3) is 0 Å². The van der Waals surface area contributed by atoms with Crippen LogP contribution in [-0.4, -0.2) is 42.8 Å². The highest BCUT2D eigenvalue weighted by Gasteiger charge is 2.24. The summed E-state index contributed by atoms with van der Waals surface area (Å²) in [4.78, 5) is 16.2. The number of anilines is 1. The molecular formula is C17H25ClN2O2. The number of halogens is 1. The highest BCUT2D eigenvalue weighted by atomic mass is 35.5. The smallest absolute Gasteiger partial charge is 0.410 e. The second-order valence-electron chi connectivity index (χ2n) is 6.74. The summed E-state index contributed by atoms with van der Waals surface area (Å²) in [6.07, 6.45) is 0.696. The fraction of sp³-hybridized carbons (Fsp3) is 0.588. The first-order valence-corrected chi connectivity index (χ1v) is 8.13. The fourth-order valence-corrected chi connectivity index (χ4v) is 2.64. The van der Waals surface area contributed by atoms with Gasteiger partial charge in [-0.25, -0.2) is 4.79 Å². The van der Waals surface area contributed by atoms with Crippen LogP contribution in [0.3, 0.4) is 0 Å². The van der Waals surface area contributed by atoms with Gasteiger partial charge in [-0.05, 0) is 51.8 Å². The first kappa shape index (κ1) is 16.9. The molecule has 1 fully saturated rings. The maximum Gasteiger partial charge on any atom is 0.410 e. The lowest BCUT2D eigenvalue weighted by atomic mass is 10.2. The zero-order valence-corrected chi connectivity index (χ0v) is 14.6. The number of rotatable bonds is 1. The van der Waals surface area contributed by atoms with Crippen LogP contribution < -0.4 is 4.90 Å². The minimum atomic E-state index is -0.451. The van der Waals surface area contributed by atoms with Crippen LogP contribution in [0.15, 0.2) is 18.2 Å². The van der Waals surface area contributed by atoms with Gasteiger partial charge in [0.1, 0.15) is 5.60 Å². The minimum absolute atomic E-state index is 0.226. The fourth-order valence-electron chi connectivity index (χ4n) is 2.46. The summed E-state index contributed by atoms with van der Waals surface area (Å²) in [6, 6.07) is 6.12. The molecule has 1 heterocycles. The van der Waals surface area contributed by atoms with Crippen molar-refractivity contribution in [2.45, 2.75) is 39.7 Å². The van der Waals surface area contributed by atoms with E-state index in [1.54, 1.807) is 4.90 Å². The normalized spacial score (nSPS) is 16.4. The third-order valence-corrected chi connectivity index (χ3v) is 4.08. The van der Waals surface area contributed by atoms with E-state index < -0.39 is 5.60 Å². The molecule has 0 bridgehead atoms. The molecule has 1 aliphatic heterocycles. The standard InChI is InChI=1S/C17H25ClN2O2/c1-13-6-7-14(12-15(13)18)19-8-5-9-20(11-10-19)16(21)22-17(2,3)4/h6-7,12H,5,8-11H2,1-4H3. The molecular weight excluding hydrogens is 300 g/mol. The number of carbonyl (C=O) groups is 1. The lowest BCUT2D eigenvalue weighted by molar-refractivity contribution is 0.0263. The molecule has 2 rings (SSSR count). The maximum absolute atomic E-state index is 12.2. The van der Waals surface area contributed by atoms with E-state index in [4.69, 9.17) is 16.3 Å². The van der Waals surface area contributed by atoms with Crippen molar-refractivity contribution in [1.82, 2.24) is 4.90 Å². The molecule has 0 radical (unpaired) electrons. The van der Waals surface area contributed by atoms with Crippen LogP contribution in [-0.2, 0) is 4.74 Å². The Morgan fingerprint density at radius 3 is 2.55 bits per heavy atom. The number of hydrogen-bond acceptors (Lipinski definition) is 3. The first-order chi connectivity index (χ1) is 10.3. The van der Waals surface area contributed by atoms with Crippen molar-refractivity contribution >= 4 is 23.4 Å². The molecule has 1 aliphatic rings. The van der Waals surface area contributed by atoms with E-state index in [9.17, 15) is 4.79 Å². The summed E-state index contributed by atoms with van der Waals surface area (Å²) in [5.74, 6) is 0. The van der Waals surface area contributed by atoms with Gasteiger partial charge in [-0.15, -0.1) is 0 Å². The Morgan fingerprint density at radius 2 is 1.91 bits per heavy atom. The van der Waals surface area contributed by atoms with Gasteiger partial charge in [0.15, 0.2) is 0 Å². The van der Waals surface area contributed by atoms with Gasteiger partial charge in [-0.3, -0.25) is 0 Å². The molecule has 0 aromatic heterocycles. The number of hydrogen-bond donors (Lipinski definition) is 0. The molecule has 0 atom stereocenters. The van der Waals surface area contributed by atoms with Gasteiger partial charge in [0.05, 0.1) is 0 Å². The molecule has 22 heavy (non-hydrogen) atoms. The molecule has 4 nitrogen and oxygen atoms in total. The molecule has 1 aromatic carbocycles. The van der Waals surface area contributed by atoms with Crippen LogP contribution in [0.25, 0.3) is 0 Å². The van der Waals surface area contributed by atoms with E-state index in [0.29, 0.717) is 6.54 Å². The van der Waals surface area contributed by atoms with E-state index in [1.165, 1.54) is 0 Å². The van der Waals surface area contributed by atoms with Crippen molar-refractivity contribution in [3.8, 4) is 0 Å². The minimum Gasteiger partial charge on any atom is -0.444 e. The van der Waals surface area contributed by atoms with Crippen LogP contribution in [0.4, 0.5) is 10.5 Å². The van der Waals surface area contributed by atoms with Crippen molar-refractivity contribution in [3.63, 3.8) is 0 Å². The summed E-state index contributed by atoms with van der Waals surface area (Å²) in [5, 5.41) is 0.783. The predicted molar refractivity (Wildman–Crippen MR) is 90.8 cm³/mol. The van der Waals surface area contributed by atoms with E-state index in [2.05, 4.69) is 11.0 Å².